The Hall–Kier alpha value is -1.54. The van der Waals surface area contributed by atoms with E-state index in [0.717, 1.165) is 17.5 Å². The highest BCUT2D eigenvalue weighted by atomic mass is 16.7. The highest BCUT2D eigenvalue weighted by molar-refractivity contribution is 5.52. The molecule has 2 atom stereocenters. The van der Waals surface area contributed by atoms with Gasteiger partial charge in [-0.25, -0.2) is 0 Å². The predicted octanol–water partition coefficient (Wildman–Crippen LogP) is 4.30. The van der Waals surface area contributed by atoms with Crippen LogP contribution in [-0.2, 0) is 9.47 Å². The molecule has 0 radical (unpaired) electrons. The molecule has 2 nitrogen and oxygen atoms in total. The highest BCUT2D eigenvalue weighted by Gasteiger charge is 2.14. The average molecular weight is 232 g/mol. The van der Waals surface area contributed by atoms with E-state index >= 15 is 0 Å². The van der Waals surface area contributed by atoms with Crippen LogP contribution in [0.5, 0.6) is 0 Å². The molecule has 0 bridgehead atoms. The summed E-state index contributed by atoms with van der Waals surface area (Å²) in [5, 5.41) is 0. The number of hydrogen-bond acceptors (Lipinski definition) is 2. The van der Waals surface area contributed by atoms with Crippen LogP contribution in [0.4, 0.5) is 0 Å². The van der Waals surface area contributed by atoms with Gasteiger partial charge in [-0.05, 0) is 18.1 Å². The van der Waals surface area contributed by atoms with Gasteiger partial charge in [0.1, 0.15) is 0 Å². The van der Waals surface area contributed by atoms with Gasteiger partial charge in [-0.3, -0.25) is 0 Å². The molecule has 2 heteroatoms. The summed E-state index contributed by atoms with van der Waals surface area (Å²) in [5.41, 5.74) is 2.21. The largest absolute Gasteiger partial charge is 0.473 e. The Kier molecular flexibility index (Phi) is 5.50. The van der Waals surface area contributed by atoms with Crippen molar-refractivity contribution in [1.82, 2.24) is 0 Å². The van der Waals surface area contributed by atoms with Crippen molar-refractivity contribution in [3.8, 4) is 0 Å². The van der Waals surface area contributed by atoms with Crippen LogP contribution in [0.25, 0.3) is 6.08 Å². The van der Waals surface area contributed by atoms with Gasteiger partial charge in [0.2, 0.25) is 0 Å². The van der Waals surface area contributed by atoms with Crippen molar-refractivity contribution in [2.24, 2.45) is 0 Å². The van der Waals surface area contributed by atoms with Crippen LogP contribution >= 0.6 is 0 Å². The maximum Gasteiger partial charge on any atom is 0.199 e. The second-order valence-electron chi connectivity index (χ2n) is 3.75. The van der Waals surface area contributed by atoms with Gasteiger partial charge >= 0.3 is 0 Å². The molecule has 92 valence electrons. The molecule has 0 spiro atoms. The highest BCUT2D eigenvalue weighted by Crippen LogP contribution is 2.24. The van der Waals surface area contributed by atoms with Crippen molar-refractivity contribution in [3.05, 3.63) is 54.8 Å². The summed E-state index contributed by atoms with van der Waals surface area (Å²) < 4.78 is 11.1. The van der Waals surface area contributed by atoms with Gasteiger partial charge in [-0.1, -0.05) is 50.4 Å². The second kappa shape index (κ2) is 6.92. The second-order valence-corrected chi connectivity index (χ2v) is 3.75. The number of ether oxygens (including phenoxy) is 2. The maximum absolute atomic E-state index is 5.83. The monoisotopic (exact) mass is 232 g/mol. The zero-order chi connectivity index (χ0) is 12.7. The Morgan fingerprint density at radius 2 is 2.00 bits per heavy atom. The van der Waals surface area contributed by atoms with Crippen molar-refractivity contribution in [3.63, 3.8) is 0 Å². The summed E-state index contributed by atoms with van der Waals surface area (Å²) in [4.78, 5) is 0. The van der Waals surface area contributed by atoms with Crippen LogP contribution in [0.2, 0.25) is 0 Å². The molecule has 0 aliphatic rings. The standard InChI is InChI=1S/C15H20O2/c1-5-13-10-8-9-11-14(13)12(4)17-15(6-2)16-7-3/h5,7-12,15H,1,3,6H2,2,4H3. The van der Waals surface area contributed by atoms with E-state index in [9.17, 15) is 0 Å². The third-order valence-electron chi connectivity index (χ3n) is 2.59. The fourth-order valence-electron chi connectivity index (χ4n) is 1.70. The minimum absolute atomic E-state index is 0.0332. The molecule has 0 fully saturated rings. The van der Waals surface area contributed by atoms with E-state index in [0.29, 0.717) is 0 Å². The van der Waals surface area contributed by atoms with E-state index in [-0.39, 0.29) is 12.4 Å². The van der Waals surface area contributed by atoms with E-state index in [2.05, 4.69) is 13.2 Å². The van der Waals surface area contributed by atoms with Gasteiger partial charge in [0.05, 0.1) is 12.4 Å². The first kappa shape index (κ1) is 13.5. The van der Waals surface area contributed by atoms with Crippen LogP contribution in [0.3, 0.4) is 0 Å². The Labute approximate surface area is 104 Å². The molecule has 0 saturated heterocycles. The third-order valence-corrected chi connectivity index (χ3v) is 2.59. The molecular weight excluding hydrogens is 212 g/mol. The Morgan fingerprint density at radius 3 is 2.59 bits per heavy atom. The Morgan fingerprint density at radius 1 is 1.29 bits per heavy atom. The van der Waals surface area contributed by atoms with Gasteiger partial charge in [-0.2, -0.15) is 0 Å². The summed E-state index contributed by atoms with van der Waals surface area (Å²) in [6.45, 7) is 11.4. The lowest BCUT2D eigenvalue weighted by atomic mass is 10.0. The SMILES string of the molecule is C=COC(CC)OC(C)c1ccccc1C=C. The molecule has 1 aromatic carbocycles. The van der Waals surface area contributed by atoms with Crippen molar-refractivity contribution in [2.45, 2.75) is 32.7 Å². The zero-order valence-electron chi connectivity index (χ0n) is 10.6. The molecule has 1 aromatic rings. The normalized spacial score (nSPS) is 13.8. The summed E-state index contributed by atoms with van der Waals surface area (Å²) in [7, 11) is 0. The molecule has 0 N–H and O–H groups in total. The smallest absolute Gasteiger partial charge is 0.199 e. The van der Waals surface area contributed by atoms with Crippen molar-refractivity contribution < 1.29 is 9.47 Å². The first-order valence-electron chi connectivity index (χ1n) is 5.86. The lowest BCUT2D eigenvalue weighted by molar-refractivity contribution is -0.138. The number of rotatable bonds is 7. The lowest BCUT2D eigenvalue weighted by Crippen LogP contribution is -2.16. The molecule has 0 saturated carbocycles. The molecule has 0 aliphatic carbocycles. The van der Waals surface area contributed by atoms with E-state index in [1.165, 1.54) is 6.26 Å². The molecule has 0 heterocycles. The first-order chi connectivity index (χ1) is 8.22. The summed E-state index contributed by atoms with van der Waals surface area (Å²) in [6.07, 6.45) is 3.76. The topological polar surface area (TPSA) is 18.5 Å². The number of benzene rings is 1. The predicted molar refractivity (Wildman–Crippen MR) is 71.4 cm³/mol. The molecular formula is C15H20O2. The molecule has 0 amide bonds. The zero-order valence-corrected chi connectivity index (χ0v) is 10.6. The van der Waals surface area contributed by atoms with Crippen LogP contribution in [0.15, 0.2) is 43.7 Å². The first-order valence-corrected chi connectivity index (χ1v) is 5.86. The summed E-state index contributed by atoms with van der Waals surface area (Å²) in [6, 6.07) is 8.06. The Balaban J connectivity index is 2.77. The van der Waals surface area contributed by atoms with Gasteiger partial charge < -0.3 is 9.47 Å². The molecule has 0 aromatic heterocycles. The van der Waals surface area contributed by atoms with E-state index in [1.54, 1.807) is 0 Å². The van der Waals surface area contributed by atoms with E-state index in [4.69, 9.17) is 9.47 Å². The van der Waals surface area contributed by atoms with Crippen molar-refractivity contribution in [2.75, 3.05) is 0 Å². The van der Waals surface area contributed by atoms with Crippen LogP contribution < -0.4 is 0 Å². The molecule has 17 heavy (non-hydrogen) atoms. The lowest BCUT2D eigenvalue weighted by Gasteiger charge is -2.22. The molecule has 0 aliphatic heterocycles. The van der Waals surface area contributed by atoms with Crippen LogP contribution in [0.1, 0.15) is 37.5 Å². The number of hydrogen-bond donors (Lipinski definition) is 0. The van der Waals surface area contributed by atoms with Gasteiger partial charge in [0, 0.05) is 6.42 Å². The van der Waals surface area contributed by atoms with Crippen molar-refractivity contribution >= 4 is 6.08 Å². The van der Waals surface area contributed by atoms with Crippen molar-refractivity contribution in [1.29, 1.82) is 0 Å². The quantitative estimate of drug-likeness (QED) is 0.515. The minimum Gasteiger partial charge on any atom is -0.473 e. The van der Waals surface area contributed by atoms with Gasteiger partial charge in [0.25, 0.3) is 0 Å². The minimum atomic E-state index is -0.250. The molecule has 1 rings (SSSR count). The summed E-state index contributed by atoms with van der Waals surface area (Å²) in [5.74, 6) is 0. The van der Waals surface area contributed by atoms with E-state index < -0.39 is 0 Å². The average Bonchev–Trinajstić information content (AvgIpc) is 2.38. The summed E-state index contributed by atoms with van der Waals surface area (Å²) >= 11 is 0. The Bertz CT molecular complexity index is 371. The van der Waals surface area contributed by atoms with Crippen LogP contribution in [-0.4, -0.2) is 6.29 Å². The third kappa shape index (κ3) is 3.75. The van der Waals surface area contributed by atoms with Crippen LogP contribution in [0, 0.1) is 0 Å². The van der Waals surface area contributed by atoms with Gasteiger partial charge in [0.15, 0.2) is 6.29 Å². The van der Waals surface area contributed by atoms with Gasteiger partial charge in [-0.15, -0.1) is 0 Å². The fourth-order valence-corrected chi connectivity index (χ4v) is 1.70. The fraction of sp³-hybridized carbons (Fsp3) is 0.333. The molecule has 2 unspecified atom stereocenters. The van der Waals surface area contributed by atoms with E-state index in [1.807, 2.05) is 44.2 Å². The maximum atomic E-state index is 5.83.